The van der Waals surface area contributed by atoms with E-state index in [1.807, 2.05) is 0 Å². The summed E-state index contributed by atoms with van der Waals surface area (Å²) >= 11 is 9.04. The second kappa shape index (κ2) is 2.76. The smallest absolute Gasteiger partial charge is 0.334 e. The van der Waals surface area contributed by atoms with Gasteiger partial charge in [0.2, 0.25) is 0 Å². The van der Waals surface area contributed by atoms with Crippen LogP contribution in [0.25, 0.3) is 0 Å². The van der Waals surface area contributed by atoms with E-state index in [0.717, 1.165) is 0 Å². The average molecular weight is 315 g/mol. The zero-order chi connectivity index (χ0) is 6.08. The maximum Gasteiger partial charge on any atom is 0.390 e. The van der Waals surface area contributed by atoms with Crippen molar-refractivity contribution in [2.45, 2.75) is 0 Å². The molecule has 0 atom stereocenters. The van der Waals surface area contributed by atoms with Crippen molar-refractivity contribution in [1.29, 1.82) is 0 Å². The molecule has 0 aromatic rings. The second-order valence-corrected chi connectivity index (χ2v) is 20.3. The van der Waals surface area contributed by atoms with Gasteiger partial charge in [-0.2, -0.15) is 0 Å². The van der Waals surface area contributed by atoms with Crippen molar-refractivity contribution in [3.63, 3.8) is 0 Å². The van der Waals surface area contributed by atoms with E-state index < -0.39 is 9.02 Å². The Kier molecular flexibility index (Phi) is 3.29. The first-order valence-corrected chi connectivity index (χ1v) is 9.07. The fourth-order valence-electron chi connectivity index (χ4n) is 0. The van der Waals surface area contributed by atoms with Crippen molar-refractivity contribution < 1.29 is 4.79 Å². The van der Waals surface area contributed by atoms with E-state index >= 15 is 0 Å². The number of nitrogens with two attached hydrogens (primary N) is 1. The van der Waals surface area contributed by atoms with Crippen molar-refractivity contribution in [3.05, 3.63) is 0 Å². The monoisotopic (exact) mass is 312 g/mol. The lowest BCUT2D eigenvalue weighted by Gasteiger charge is -1.89. The lowest BCUT2D eigenvalue weighted by atomic mass is 11.5. The first kappa shape index (κ1) is 8.34. The van der Waals surface area contributed by atoms with Crippen LogP contribution in [0.4, 0.5) is 4.79 Å². The van der Waals surface area contributed by atoms with Crippen LogP contribution in [-0.4, -0.2) is 5.65 Å². The number of carbonyl (C=O) groups is 1. The molecule has 0 aliphatic carbocycles. The number of rotatable bonds is 1. The van der Waals surface area contributed by atoms with Crippen molar-refractivity contribution in [2.24, 2.45) is 5.73 Å². The van der Waals surface area contributed by atoms with Crippen LogP contribution in [0.3, 0.4) is 0 Å². The Morgan fingerprint density at radius 3 is 1.57 bits per heavy atom. The van der Waals surface area contributed by atoms with E-state index in [0.29, 0.717) is 0 Å². The summed E-state index contributed by atoms with van der Waals surface area (Å²) in [5.41, 5.74) is 4.44. The Balaban J connectivity index is 3.79. The Morgan fingerprint density at radius 2 is 1.57 bits per heavy atom. The third-order valence-electron chi connectivity index (χ3n) is 0.250. The van der Waals surface area contributed by atoms with E-state index in [4.69, 9.17) is 5.73 Å². The van der Waals surface area contributed by atoms with Gasteiger partial charge in [0.05, 0.1) is 0 Å². The highest BCUT2D eigenvalue weighted by molar-refractivity contribution is 9.98. The summed E-state index contributed by atoms with van der Waals surface area (Å²) in [7, 11) is 0. The van der Waals surface area contributed by atoms with Crippen LogP contribution >= 0.6 is 49.8 Å². The predicted octanol–water partition coefficient (Wildman–Crippen LogP) is 3.01. The minimum Gasteiger partial charge on any atom is -0.334 e. The minimum absolute atomic E-state index is 0.396. The van der Waals surface area contributed by atoms with E-state index in [2.05, 4.69) is 46.5 Å². The molecule has 0 rings (SSSR count). The van der Waals surface area contributed by atoms with Gasteiger partial charge in [0.25, 0.3) is 0 Å². The first-order chi connectivity index (χ1) is 2.94. The molecule has 1 amide bonds. The van der Waals surface area contributed by atoms with Gasteiger partial charge in [0.1, 0.15) is 0 Å². The van der Waals surface area contributed by atoms with Gasteiger partial charge in [-0.3, -0.25) is 0 Å². The molecular weight excluding hydrogens is 313 g/mol. The highest BCUT2D eigenvalue weighted by Gasteiger charge is 2.38. The molecule has 0 radical (unpaired) electrons. The molecule has 0 unspecified atom stereocenters. The average Bonchev–Trinajstić information content (AvgIpc) is 1.31. The Hall–Kier alpha value is 1.34. The number of halogens is 3. The van der Waals surface area contributed by atoms with Crippen LogP contribution in [0.1, 0.15) is 0 Å². The molecule has 2 nitrogen and oxygen atoms in total. The maximum absolute atomic E-state index is 10.2. The molecule has 0 aromatic carbocycles. The molecule has 0 saturated heterocycles. The minimum atomic E-state index is -1.91. The SMILES string of the molecule is NC(=O)[P+](Br)(Br)Br. The summed E-state index contributed by atoms with van der Waals surface area (Å²) in [6, 6.07) is 0. The van der Waals surface area contributed by atoms with Crippen LogP contribution in [-0.2, 0) is 0 Å². The molecule has 6 heteroatoms. The number of amides is 1. The molecule has 0 heterocycles. The summed E-state index contributed by atoms with van der Waals surface area (Å²) in [5.74, 6) is 0. The molecule has 0 aliphatic rings. The predicted molar refractivity (Wildman–Crippen MR) is 43.3 cm³/mol. The van der Waals surface area contributed by atoms with E-state index in [1.54, 1.807) is 0 Å². The van der Waals surface area contributed by atoms with Gasteiger partial charge in [-0.15, -0.1) is 0 Å². The zero-order valence-corrected chi connectivity index (χ0v) is 8.72. The molecule has 0 spiro atoms. The molecule has 7 heavy (non-hydrogen) atoms. The Labute approximate surface area is 65.8 Å². The van der Waals surface area contributed by atoms with Crippen LogP contribution in [0.15, 0.2) is 0 Å². The molecule has 0 bridgehead atoms. The molecule has 0 aromatic heterocycles. The Bertz CT molecular complexity index is 87.4. The summed E-state index contributed by atoms with van der Waals surface area (Å²) < 4.78 is -1.91. The van der Waals surface area contributed by atoms with Crippen molar-refractivity contribution in [1.82, 2.24) is 0 Å². The normalized spacial score (nSPS) is 11.3. The third kappa shape index (κ3) is 3.88. The summed E-state index contributed by atoms with van der Waals surface area (Å²) in [5, 5.41) is 0. The molecule has 0 saturated carbocycles. The number of hydrogen-bond donors (Lipinski definition) is 1. The maximum atomic E-state index is 10.2. The van der Waals surface area contributed by atoms with Crippen LogP contribution in [0, 0.1) is 0 Å². The molecule has 0 aliphatic heterocycles. The van der Waals surface area contributed by atoms with Crippen LogP contribution < -0.4 is 5.73 Å². The Morgan fingerprint density at radius 1 is 1.43 bits per heavy atom. The van der Waals surface area contributed by atoms with Gasteiger partial charge in [-0.1, -0.05) is 0 Å². The van der Waals surface area contributed by atoms with Crippen molar-refractivity contribution in [2.75, 3.05) is 0 Å². The summed E-state index contributed by atoms with van der Waals surface area (Å²) in [6.07, 6.45) is 0. The van der Waals surface area contributed by atoms with E-state index in [1.165, 1.54) is 0 Å². The highest BCUT2D eigenvalue weighted by Crippen LogP contribution is 2.79. The standard InChI is InChI=1S/CHBr3NOP/c2-7(3,4)1(5)6/h(H-,5,6)/p+1. The van der Waals surface area contributed by atoms with E-state index in [-0.39, 0.29) is 0 Å². The topological polar surface area (TPSA) is 43.1 Å². The van der Waals surface area contributed by atoms with Crippen molar-refractivity contribution >= 4 is 55.5 Å². The molecule has 2 N–H and O–H groups in total. The lowest BCUT2D eigenvalue weighted by molar-refractivity contribution is 0.267. The second-order valence-electron chi connectivity index (χ2n) is 0.783. The van der Waals surface area contributed by atoms with E-state index in [9.17, 15) is 4.79 Å². The van der Waals surface area contributed by atoms with Crippen LogP contribution in [0.5, 0.6) is 0 Å². The van der Waals surface area contributed by atoms with Gasteiger partial charge in [0, 0.05) is 0 Å². The van der Waals surface area contributed by atoms with Gasteiger partial charge in [-0.25, -0.2) is 4.79 Å². The van der Waals surface area contributed by atoms with Gasteiger partial charge < -0.3 is 5.73 Å². The fourth-order valence-corrected chi connectivity index (χ4v) is 0. The zero-order valence-electron chi connectivity index (χ0n) is 3.07. The van der Waals surface area contributed by atoms with Gasteiger partial charge in [0.15, 0.2) is 46.5 Å². The largest absolute Gasteiger partial charge is 0.390 e. The molecule has 0 fully saturated rings. The lowest BCUT2D eigenvalue weighted by Crippen LogP contribution is -2.02. The van der Waals surface area contributed by atoms with Gasteiger partial charge >= 0.3 is 9.02 Å². The summed E-state index contributed by atoms with van der Waals surface area (Å²) in [6.45, 7) is 0. The fraction of sp³-hybridized carbons (Fsp3) is 0. The highest BCUT2D eigenvalue weighted by atomic mass is 80.0. The molecule has 42 valence electrons. The van der Waals surface area contributed by atoms with Crippen LogP contribution in [0.2, 0.25) is 0 Å². The summed E-state index contributed by atoms with van der Waals surface area (Å²) in [4.78, 5) is 10.2. The third-order valence-corrected chi connectivity index (χ3v) is 3.90. The van der Waals surface area contributed by atoms with Crippen molar-refractivity contribution in [3.8, 4) is 0 Å². The number of hydrogen-bond acceptors (Lipinski definition) is 1. The number of carbonyl (C=O) groups excluding carboxylic acids is 1. The number of primary amides is 1. The molecular formula is CH2Br3NOP+. The quantitative estimate of drug-likeness (QED) is 0.743. The first-order valence-electron chi connectivity index (χ1n) is 1.22. The van der Waals surface area contributed by atoms with Gasteiger partial charge in [-0.05, 0) is 0 Å².